The summed E-state index contributed by atoms with van der Waals surface area (Å²) in [6, 6.07) is 2.06. The van der Waals surface area contributed by atoms with Crippen molar-refractivity contribution in [2.24, 2.45) is 0 Å². The summed E-state index contributed by atoms with van der Waals surface area (Å²) in [4.78, 5) is 0. The standard InChI is InChI=1S/C9H18N4/c1-8-6-9(13-12-8)7-11-5-3-4-10-2/h6,10-11H,3-5,7H2,1-2H3,(H,12,13). The number of aromatic nitrogens is 2. The maximum absolute atomic E-state index is 4.13. The Balaban J connectivity index is 2.06. The summed E-state index contributed by atoms with van der Waals surface area (Å²) >= 11 is 0. The molecular formula is C9H18N4. The van der Waals surface area contributed by atoms with Crippen LogP contribution in [-0.2, 0) is 6.54 Å². The van der Waals surface area contributed by atoms with Crippen LogP contribution >= 0.6 is 0 Å². The SMILES string of the molecule is CNCCCNCc1cc(C)[nH]n1. The summed E-state index contributed by atoms with van der Waals surface area (Å²) in [5, 5.41) is 13.5. The van der Waals surface area contributed by atoms with Crippen molar-refractivity contribution in [3.63, 3.8) is 0 Å². The molecule has 0 amide bonds. The Labute approximate surface area is 79.1 Å². The molecule has 0 aromatic carbocycles. The average molecular weight is 182 g/mol. The number of H-pyrrole nitrogens is 1. The van der Waals surface area contributed by atoms with Crippen molar-refractivity contribution in [2.45, 2.75) is 19.9 Å². The fourth-order valence-corrected chi connectivity index (χ4v) is 1.17. The molecule has 0 saturated carbocycles. The predicted octanol–water partition coefficient (Wildman–Crippen LogP) is 0.417. The molecule has 4 nitrogen and oxygen atoms in total. The molecule has 0 bridgehead atoms. The molecule has 74 valence electrons. The Kier molecular flexibility index (Phi) is 4.49. The van der Waals surface area contributed by atoms with Crippen LogP contribution in [0.2, 0.25) is 0 Å². The molecule has 0 fully saturated rings. The molecule has 0 aliphatic heterocycles. The summed E-state index contributed by atoms with van der Waals surface area (Å²) in [5.74, 6) is 0. The number of aryl methyl sites for hydroxylation is 1. The molecule has 1 aromatic rings. The van der Waals surface area contributed by atoms with Gasteiger partial charge in [-0.3, -0.25) is 5.10 Å². The van der Waals surface area contributed by atoms with Crippen LogP contribution in [0.15, 0.2) is 6.07 Å². The highest BCUT2D eigenvalue weighted by atomic mass is 15.1. The third kappa shape index (κ3) is 4.05. The third-order valence-corrected chi connectivity index (χ3v) is 1.85. The van der Waals surface area contributed by atoms with E-state index in [1.165, 1.54) is 0 Å². The lowest BCUT2D eigenvalue weighted by atomic mass is 10.3. The van der Waals surface area contributed by atoms with Crippen molar-refractivity contribution in [1.82, 2.24) is 20.8 Å². The zero-order chi connectivity index (χ0) is 9.52. The maximum atomic E-state index is 4.13. The highest BCUT2D eigenvalue weighted by molar-refractivity contribution is 5.05. The fraction of sp³-hybridized carbons (Fsp3) is 0.667. The van der Waals surface area contributed by atoms with Gasteiger partial charge in [0.2, 0.25) is 0 Å². The van der Waals surface area contributed by atoms with Crippen LogP contribution in [-0.4, -0.2) is 30.3 Å². The van der Waals surface area contributed by atoms with E-state index >= 15 is 0 Å². The van der Waals surface area contributed by atoms with Gasteiger partial charge in [0.1, 0.15) is 0 Å². The van der Waals surface area contributed by atoms with Crippen molar-refractivity contribution in [1.29, 1.82) is 0 Å². The molecule has 3 N–H and O–H groups in total. The summed E-state index contributed by atoms with van der Waals surface area (Å²) in [5.41, 5.74) is 2.20. The minimum atomic E-state index is 0.855. The molecule has 0 saturated heterocycles. The van der Waals surface area contributed by atoms with E-state index < -0.39 is 0 Å². The lowest BCUT2D eigenvalue weighted by Gasteiger charge is -2.01. The molecule has 0 aliphatic rings. The molecule has 0 radical (unpaired) electrons. The van der Waals surface area contributed by atoms with Crippen molar-refractivity contribution >= 4 is 0 Å². The van der Waals surface area contributed by atoms with E-state index in [-0.39, 0.29) is 0 Å². The topological polar surface area (TPSA) is 52.7 Å². The van der Waals surface area contributed by atoms with Crippen LogP contribution in [0.25, 0.3) is 0 Å². The van der Waals surface area contributed by atoms with Gasteiger partial charge < -0.3 is 10.6 Å². The zero-order valence-electron chi connectivity index (χ0n) is 8.35. The number of aromatic amines is 1. The normalized spacial score (nSPS) is 10.6. The number of hydrogen-bond donors (Lipinski definition) is 3. The van der Waals surface area contributed by atoms with Gasteiger partial charge in [-0.05, 0) is 39.5 Å². The molecule has 4 heteroatoms. The van der Waals surface area contributed by atoms with E-state index in [2.05, 4.69) is 26.9 Å². The number of hydrogen-bond acceptors (Lipinski definition) is 3. The predicted molar refractivity (Wildman–Crippen MR) is 53.6 cm³/mol. The van der Waals surface area contributed by atoms with Gasteiger partial charge in [-0.2, -0.15) is 5.10 Å². The highest BCUT2D eigenvalue weighted by Crippen LogP contribution is 1.96. The molecule has 1 rings (SSSR count). The molecular weight excluding hydrogens is 164 g/mol. The minimum Gasteiger partial charge on any atom is -0.320 e. The largest absolute Gasteiger partial charge is 0.320 e. The molecule has 0 atom stereocenters. The van der Waals surface area contributed by atoms with Gasteiger partial charge >= 0.3 is 0 Å². The molecule has 0 aliphatic carbocycles. The summed E-state index contributed by atoms with van der Waals surface area (Å²) in [7, 11) is 1.97. The monoisotopic (exact) mass is 182 g/mol. The first-order valence-electron chi connectivity index (χ1n) is 4.69. The highest BCUT2D eigenvalue weighted by Gasteiger charge is 1.95. The minimum absolute atomic E-state index is 0.855. The first kappa shape index (κ1) is 10.2. The van der Waals surface area contributed by atoms with Gasteiger partial charge in [0.15, 0.2) is 0 Å². The second-order valence-corrected chi connectivity index (χ2v) is 3.18. The number of nitrogens with zero attached hydrogens (tertiary/aromatic N) is 1. The summed E-state index contributed by atoms with van der Waals surface area (Å²) in [6.07, 6.45) is 1.15. The second-order valence-electron chi connectivity index (χ2n) is 3.18. The summed E-state index contributed by atoms with van der Waals surface area (Å²) in [6.45, 7) is 4.96. The fourth-order valence-electron chi connectivity index (χ4n) is 1.17. The van der Waals surface area contributed by atoms with E-state index in [0.29, 0.717) is 0 Å². The van der Waals surface area contributed by atoms with Gasteiger partial charge in [-0.25, -0.2) is 0 Å². The molecule has 1 aromatic heterocycles. The zero-order valence-corrected chi connectivity index (χ0v) is 8.35. The van der Waals surface area contributed by atoms with Gasteiger partial charge in [-0.1, -0.05) is 0 Å². The molecule has 0 unspecified atom stereocenters. The maximum Gasteiger partial charge on any atom is 0.0762 e. The van der Waals surface area contributed by atoms with Crippen molar-refractivity contribution in [3.05, 3.63) is 17.5 Å². The van der Waals surface area contributed by atoms with E-state index in [4.69, 9.17) is 0 Å². The third-order valence-electron chi connectivity index (χ3n) is 1.85. The Hall–Kier alpha value is -0.870. The van der Waals surface area contributed by atoms with E-state index in [9.17, 15) is 0 Å². The van der Waals surface area contributed by atoms with E-state index in [1.807, 2.05) is 14.0 Å². The average Bonchev–Trinajstić information content (AvgIpc) is 2.51. The molecule has 1 heterocycles. The first-order valence-corrected chi connectivity index (χ1v) is 4.69. The van der Waals surface area contributed by atoms with Crippen LogP contribution in [0.1, 0.15) is 17.8 Å². The second kappa shape index (κ2) is 5.72. The number of nitrogens with one attached hydrogen (secondary N) is 3. The summed E-state index contributed by atoms with van der Waals surface area (Å²) < 4.78 is 0. The molecule has 13 heavy (non-hydrogen) atoms. The van der Waals surface area contributed by atoms with Crippen LogP contribution in [0.4, 0.5) is 0 Å². The van der Waals surface area contributed by atoms with Gasteiger partial charge in [0, 0.05) is 12.2 Å². The molecule has 0 spiro atoms. The lowest BCUT2D eigenvalue weighted by Crippen LogP contribution is -2.19. The Morgan fingerprint density at radius 3 is 2.92 bits per heavy atom. The number of rotatable bonds is 6. The van der Waals surface area contributed by atoms with E-state index in [1.54, 1.807) is 0 Å². The van der Waals surface area contributed by atoms with Gasteiger partial charge in [-0.15, -0.1) is 0 Å². The lowest BCUT2D eigenvalue weighted by molar-refractivity contribution is 0.618. The van der Waals surface area contributed by atoms with Crippen LogP contribution in [0.3, 0.4) is 0 Å². The Bertz CT molecular complexity index is 231. The Morgan fingerprint density at radius 2 is 2.31 bits per heavy atom. The van der Waals surface area contributed by atoms with Crippen LogP contribution < -0.4 is 10.6 Å². The van der Waals surface area contributed by atoms with E-state index in [0.717, 1.165) is 37.4 Å². The van der Waals surface area contributed by atoms with Crippen LogP contribution in [0.5, 0.6) is 0 Å². The van der Waals surface area contributed by atoms with Gasteiger partial charge in [0.05, 0.1) is 5.69 Å². The smallest absolute Gasteiger partial charge is 0.0762 e. The quantitative estimate of drug-likeness (QED) is 0.559. The van der Waals surface area contributed by atoms with Crippen molar-refractivity contribution in [3.8, 4) is 0 Å². The van der Waals surface area contributed by atoms with Crippen LogP contribution in [0, 0.1) is 6.92 Å². The van der Waals surface area contributed by atoms with Crippen molar-refractivity contribution in [2.75, 3.05) is 20.1 Å². The Morgan fingerprint density at radius 1 is 1.46 bits per heavy atom. The van der Waals surface area contributed by atoms with Gasteiger partial charge in [0.25, 0.3) is 0 Å². The van der Waals surface area contributed by atoms with Crippen molar-refractivity contribution < 1.29 is 0 Å². The first-order chi connectivity index (χ1) is 6.33.